The third-order valence-electron chi connectivity index (χ3n) is 6.85. The van der Waals surface area contributed by atoms with Crippen molar-refractivity contribution in [2.75, 3.05) is 0 Å². The van der Waals surface area contributed by atoms with Gasteiger partial charge in [-0.1, -0.05) is 48.5 Å². The van der Waals surface area contributed by atoms with Gasteiger partial charge in [0.1, 0.15) is 18.2 Å². The molecule has 0 atom stereocenters. The molecule has 0 aliphatic carbocycles. The number of benzene rings is 4. The SMILES string of the molecule is Cc1cc(-c2c(C)ccc3c2oc2c(-c4ccc5ccccc5c4)ccc(C#N)c23)[n+](C)cc1F. The highest BCUT2D eigenvalue weighted by Crippen LogP contribution is 2.42. The molecule has 2 aromatic heterocycles. The predicted molar refractivity (Wildman–Crippen MR) is 137 cm³/mol. The predicted octanol–water partition coefficient (Wildman–Crippen LogP) is 7.53. The van der Waals surface area contributed by atoms with Crippen molar-refractivity contribution in [2.45, 2.75) is 13.8 Å². The van der Waals surface area contributed by atoms with Gasteiger partial charge in [-0.25, -0.2) is 4.39 Å². The number of fused-ring (bicyclic) bond motifs is 4. The Morgan fingerprint density at radius 2 is 1.66 bits per heavy atom. The van der Waals surface area contributed by atoms with E-state index in [1.54, 1.807) is 11.5 Å². The summed E-state index contributed by atoms with van der Waals surface area (Å²) < 4.78 is 22.6. The molecular formula is C31H22FN2O+. The quantitative estimate of drug-likeness (QED) is 0.252. The van der Waals surface area contributed by atoms with Crippen LogP contribution in [0.2, 0.25) is 0 Å². The molecule has 4 aromatic carbocycles. The maximum Gasteiger partial charge on any atom is 0.216 e. The Labute approximate surface area is 202 Å². The topological polar surface area (TPSA) is 40.8 Å². The monoisotopic (exact) mass is 457 g/mol. The van der Waals surface area contributed by atoms with Crippen LogP contribution >= 0.6 is 0 Å². The minimum atomic E-state index is -0.254. The van der Waals surface area contributed by atoms with Crippen LogP contribution in [0, 0.1) is 31.0 Å². The van der Waals surface area contributed by atoms with Crippen LogP contribution in [0.5, 0.6) is 0 Å². The van der Waals surface area contributed by atoms with E-state index < -0.39 is 0 Å². The fourth-order valence-corrected chi connectivity index (χ4v) is 5.00. The molecule has 168 valence electrons. The van der Waals surface area contributed by atoms with E-state index >= 15 is 0 Å². The van der Waals surface area contributed by atoms with Crippen LogP contribution in [0.3, 0.4) is 0 Å². The summed E-state index contributed by atoms with van der Waals surface area (Å²) in [5.74, 6) is -0.254. The summed E-state index contributed by atoms with van der Waals surface area (Å²) in [4.78, 5) is 0. The molecule has 6 rings (SSSR count). The Balaban J connectivity index is 1.71. The van der Waals surface area contributed by atoms with Crippen LogP contribution in [-0.2, 0) is 7.05 Å². The smallest absolute Gasteiger partial charge is 0.216 e. The number of halogens is 1. The molecule has 6 aromatic rings. The van der Waals surface area contributed by atoms with E-state index in [4.69, 9.17) is 4.42 Å². The lowest BCUT2D eigenvalue weighted by Crippen LogP contribution is -2.31. The van der Waals surface area contributed by atoms with E-state index in [1.165, 1.54) is 11.6 Å². The number of furan rings is 1. The first-order chi connectivity index (χ1) is 17.0. The van der Waals surface area contributed by atoms with Crippen molar-refractivity contribution in [1.29, 1.82) is 5.26 Å². The van der Waals surface area contributed by atoms with E-state index in [9.17, 15) is 9.65 Å². The van der Waals surface area contributed by atoms with Crippen LogP contribution in [-0.4, -0.2) is 0 Å². The van der Waals surface area contributed by atoms with Gasteiger partial charge < -0.3 is 4.42 Å². The summed E-state index contributed by atoms with van der Waals surface area (Å²) in [5.41, 5.74) is 7.26. The number of rotatable bonds is 2. The molecule has 0 spiro atoms. The maximum absolute atomic E-state index is 14.2. The lowest BCUT2D eigenvalue weighted by atomic mass is 9.95. The minimum absolute atomic E-state index is 0.254. The number of aromatic nitrogens is 1. The standard InChI is InChI=1S/C31H22FN2O/c1-18-8-12-25-29-23(16-33)11-13-24(22-10-9-20-6-4-5-7-21(20)15-22)30(29)35-31(25)28(18)27-14-19(2)26(32)17-34(27)3/h4-15,17H,1-3H3/q+1. The maximum atomic E-state index is 14.2. The van der Waals surface area contributed by atoms with Crippen molar-refractivity contribution in [2.24, 2.45) is 7.05 Å². The number of hydrogen-bond acceptors (Lipinski definition) is 2. The van der Waals surface area contributed by atoms with Crippen LogP contribution in [0.1, 0.15) is 16.7 Å². The zero-order valence-corrected chi connectivity index (χ0v) is 19.7. The van der Waals surface area contributed by atoms with E-state index in [1.807, 2.05) is 56.4 Å². The van der Waals surface area contributed by atoms with Gasteiger partial charge in [-0.05, 0) is 59.5 Å². The number of nitriles is 1. The zero-order chi connectivity index (χ0) is 24.3. The second-order valence-electron chi connectivity index (χ2n) is 9.08. The molecule has 0 N–H and O–H groups in total. The van der Waals surface area contributed by atoms with Gasteiger partial charge in [-0.3, -0.25) is 0 Å². The second kappa shape index (κ2) is 7.78. The molecule has 0 amide bonds. The van der Waals surface area contributed by atoms with Gasteiger partial charge >= 0.3 is 0 Å². The molecule has 0 aliphatic rings. The van der Waals surface area contributed by atoms with Crippen molar-refractivity contribution in [1.82, 2.24) is 0 Å². The molecule has 3 nitrogen and oxygen atoms in total. The average Bonchev–Trinajstić information content (AvgIpc) is 3.25. The average molecular weight is 458 g/mol. The van der Waals surface area contributed by atoms with Gasteiger partial charge in [-0.15, -0.1) is 0 Å². The summed E-state index contributed by atoms with van der Waals surface area (Å²) in [6, 6.07) is 26.7. The highest BCUT2D eigenvalue weighted by Gasteiger charge is 2.24. The fourth-order valence-electron chi connectivity index (χ4n) is 5.00. The van der Waals surface area contributed by atoms with Gasteiger partial charge in [-0.2, -0.15) is 9.83 Å². The fraction of sp³-hybridized carbons (Fsp3) is 0.0968. The molecule has 4 heteroatoms. The number of nitrogens with zero attached hydrogens (tertiary/aromatic N) is 2. The van der Waals surface area contributed by atoms with Gasteiger partial charge in [0.15, 0.2) is 5.82 Å². The number of hydrogen-bond donors (Lipinski definition) is 0. The van der Waals surface area contributed by atoms with E-state index in [-0.39, 0.29) is 5.82 Å². The van der Waals surface area contributed by atoms with Gasteiger partial charge in [0.25, 0.3) is 0 Å². The first-order valence-electron chi connectivity index (χ1n) is 11.5. The Kier molecular flexibility index (Phi) is 4.69. The Bertz CT molecular complexity index is 1860. The highest BCUT2D eigenvalue weighted by atomic mass is 19.1. The van der Waals surface area contributed by atoms with E-state index in [2.05, 4.69) is 36.4 Å². The normalized spacial score (nSPS) is 11.4. The zero-order valence-electron chi connectivity index (χ0n) is 19.7. The lowest BCUT2D eigenvalue weighted by molar-refractivity contribution is -0.662. The van der Waals surface area contributed by atoms with Crippen molar-refractivity contribution in [3.8, 4) is 28.5 Å². The highest BCUT2D eigenvalue weighted by molar-refractivity contribution is 6.15. The first-order valence-corrected chi connectivity index (χ1v) is 11.5. The van der Waals surface area contributed by atoms with Crippen molar-refractivity contribution < 1.29 is 13.4 Å². The molecule has 0 unspecified atom stereocenters. The number of aryl methyl sites for hydroxylation is 3. The number of pyridine rings is 1. The summed E-state index contributed by atoms with van der Waals surface area (Å²) in [7, 11) is 1.83. The molecular weight excluding hydrogens is 435 g/mol. The Hall–Kier alpha value is -4.49. The molecule has 0 radical (unpaired) electrons. The summed E-state index contributed by atoms with van der Waals surface area (Å²) in [6.45, 7) is 3.79. The molecule has 0 fully saturated rings. The summed E-state index contributed by atoms with van der Waals surface area (Å²) in [6.07, 6.45) is 1.49. The van der Waals surface area contributed by atoms with Gasteiger partial charge in [0, 0.05) is 22.4 Å². The molecule has 0 saturated heterocycles. The molecule has 2 heterocycles. The first kappa shape index (κ1) is 21.1. The largest absolute Gasteiger partial charge is 0.454 e. The van der Waals surface area contributed by atoms with Crippen LogP contribution in [0.25, 0.3) is 55.1 Å². The molecule has 0 bridgehead atoms. The van der Waals surface area contributed by atoms with Crippen LogP contribution < -0.4 is 4.57 Å². The van der Waals surface area contributed by atoms with Crippen LogP contribution in [0.4, 0.5) is 4.39 Å². The van der Waals surface area contributed by atoms with Crippen molar-refractivity contribution in [3.63, 3.8) is 0 Å². The van der Waals surface area contributed by atoms with Crippen LogP contribution in [0.15, 0.2) is 83.4 Å². The summed E-state index contributed by atoms with van der Waals surface area (Å²) >= 11 is 0. The third-order valence-corrected chi connectivity index (χ3v) is 6.85. The Morgan fingerprint density at radius 1 is 0.857 bits per heavy atom. The minimum Gasteiger partial charge on any atom is -0.454 e. The molecule has 0 aliphatic heterocycles. The van der Waals surface area contributed by atoms with Crippen molar-refractivity contribution >= 4 is 32.7 Å². The van der Waals surface area contributed by atoms with E-state index in [0.29, 0.717) is 22.3 Å². The molecule has 0 saturated carbocycles. The Morgan fingerprint density at radius 3 is 2.46 bits per heavy atom. The van der Waals surface area contributed by atoms with Gasteiger partial charge in [0.05, 0.1) is 17.2 Å². The molecule has 35 heavy (non-hydrogen) atoms. The third kappa shape index (κ3) is 3.20. The van der Waals surface area contributed by atoms with Gasteiger partial charge in [0.2, 0.25) is 11.9 Å². The second-order valence-corrected chi connectivity index (χ2v) is 9.08. The lowest BCUT2D eigenvalue weighted by Gasteiger charge is -2.07. The summed E-state index contributed by atoms with van der Waals surface area (Å²) in [5, 5.41) is 13.9. The van der Waals surface area contributed by atoms with E-state index in [0.717, 1.165) is 44.1 Å². The van der Waals surface area contributed by atoms with Crippen molar-refractivity contribution in [3.05, 3.63) is 102 Å².